The minimum atomic E-state index is -0.531. The van der Waals surface area contributed by atoms with Gasteiger partial charge < -0.3 is 19.9 Å². The summed E-state index contributed by atoms with van der Waals surface area (Å²) in [7, 11) is 1.47. The summed E-state index contributed by atoms with van der Waals surface area (Å²) in [5.41, 5.74) is 2.21. The van der Waals surface area contributed by atoms with E-state index in [2.05, 4.69) is 48.5 Å². The second-order valence-electron chi connectivity index (χ2n) is 6.51. The van der Waals surface area contributed by atoms with Crippen LogP contribution >= 0.6 is 34.2 Å². The van der Waals surface area contributed by atoms with E-state index in [1.807, 2.05) is 13.8 Å². The van der Waals surface area contributed by atoms with Crippen LogP contribution in [0.1, 0.15) is 38.3 Å². The monoisotopic (exact) mass is 558 g/mol. The Balaban J connectivity index is 1.50. The smallest absolute Gasteiger partial charge is 0.316 e. The molecule has 0 atom stereocenters. The van der Waals surface area contributed by atoms with Gasteiger partial charge >= 0.3 is 11.8 Å². The van der Waals surface area contributed by atoms with Crippen molar-refractivity contribution in [3.8, 4) is 5.75 Å². The predicted octanol–water partition coefficient (Wildman–Crippen LogP) is 2.36. The van der Waals surface area contributed by atoms with E-state index in [9.17, 15) is 9.59 Å². The van der Waals surface area contributed by atoms with E-state index in [0.29, 0.717) is 28.7 Å². The van der Waals surface area contributed by atoms with Crippen LogP contribution in [0.15, 0.2) is 22.7 Å². The number of benzene rings is 1. The van der Waals surface area contributed by atoms with Crippen molar-refractivity contribution in [3.05, 3.63) is 55.5 Å². The van der Waals surface area contributed by atoms with Gasteiger partial charge in [-0.2, -0.15) is 10.1 Å². The molecule has 12 heteroatoms. The lowest BCUT2D eigenvalue weighted by molar-refractivity contribution is 0.0897. The number of aryl methyl sites for hydroxylation is 1. The third-order valence-corrected chi connectivity index (χ3v) is 6.15. The highest BCUT2D eigenvalue weighted by Crippen LogP contribution is 2.22. The number of nitrogens with one attached hydrogen (secondary N) is 2. The second-order valence-corrected chi connectivity index (χ2v) is 8.03. The van der Waals surface area contributed by atoms with Gasteiger partial charge in [0.05, 0.1) is 21.9 Å². The number of halogens is 2. The minimum absolute atomic E-state index is 0.158. The minimum Gasteiger partial charge on any atom is -0.496 e. The van der Waals surface area contributed by atoms with E-state index in [4.69, 9.17) is 20.9 Å². The molecular formula is C19H20ClIN6O4. The van der Waals surface area contributed by atoms with Crippen molar-refractivity contribution in [2.24, 2.45) is 0 Å². The molecule has 0 radical (unpaired) electrons. The Labute approximate surface area is 196 Å². The van der Waals surface area contributed by atoms with Gasteiger partial charge in [-0.05, 0) is 54.6 Å². The average molecular weight is 559 g/mol. The molecule has 2 aromatic heterocycles. The molecule has 0 spiro atoms. The first-order valence-corrected chi connectivity index (χ1v) is 10.7. The molecule has 0 fully saturated rings. The summed E-state index contributed by atoms with van der Waals surface area (Å²) >= 11 is 8.16. The van der Waals surface area contributed by atoms with Crippen LogP contribution in [0.4, 0.5) is 0 Å². The van der Waals surface area contributed by atoms with Crippen LogP contribution in [0.3, 0.4) is 0 Å². The molecule has 0 saturated heterocycles. The van der Waals surface area contributed by atoms with Crippen molar-refractivity contribution in [1.29, 1.82) is 0 Å². The zero-order valence-electron chi connectivity index (χ0n) is 17.0. The Morgan fingerprint density at radius 1 is 1.23 bits per heavy atom. The van der Waals surface area contributed by atoms with Crippen LogP contribution in [-0.2, 0) is 6.54 Å². The Morgan fingerprint density at radius 3 is 2.58 bits per heavy atom. The molecule has 2 amide bonds. The molecule has 0 bridgehead atoms. The van der Waals surface area contributed by atoms with Crippen LogP contribution in [0.2, 0.25) is 5.02 Å². The fraction of sp³-hybridized carbons (Fsp3) is 0.316. The Morgan fingerprint density at radius 2 is 1.94 bits per heavy atom. The van der Waals surface area contributed by atoms with Gasteiger partial charge in [-0.15, -0.1) is 0 Å². The van der Waals surface area contributed by atoms with Gasteiger partial charge in [-0.1, -0.05) is 16.8 Å². The van der Waals surface area contributed by atoms with Gasteiger partial charge in [-0.3, -0.25) is 14.3 Å². The molecule has 0 aliphatic carbocycles. The predicted molar refractivity (Wildman–Crippen MR) is 120 cm³/mol. The third kappa shape index (κ3) is 5.53. The molecule has 3 aromatic rings. The van der Waals surface area contributed by atoms with Crippen LogP contribution in [0.5, 0.6) is 5.75 Å². The molecule has 0 aliphatic rings. The maximum Gasteiger partial charge on any atom is 0.316 e. The molecule has 164 valence electrons. The summed E-state index contributed by atoms with van der Waals surface area (Å²) in [6.45, 7) is 4.51. The molecule has 2 N–H and O–H groups in total. The number of hydrogen-bond donors (Lipinski definition) is 2. The number of amides is 2. The normalized spacial score (nSPS) is 10.7. The van der Waals surface area contributed by atoms with Crippen molar-refractivity contribution >= 4 is 46.0 Å². The Hall–Kier alpha value is -2.67. The van der Waals surface area contributed by atoms with Crippen LogP contribution < -0.4 is 15.4 Å². The zero-order chi connectivity index (χ0) is 22.5. The van der Waals surface area contributed by atoms with Gasteiger partial charge in [0.25, 0.3) is 5.91 Å². The number of rotatable bonds is 8. The summed E-state index contributed by atoms with van der Waals surface area (Å²) in [6, 6.07) is 4.75. The molecule has 10 nitrogen and oxygen atoms in total. The van der Waals surface area contributed by atoms with Crippen molar-refractivity contribution < 1.29 is 18.8 Å². The van der Waals surface area contributed by atoms with Crippen molar-refractivity contribution in [3.63, 3.8) is 0 Å². The van der Waals surface area contributed by atoms with Crippen LogP contribution in [-0.4, -0.2) is 51.9 Å². The summed E-state index contributed by atoms with van der Waals surface area (Å²) in [5, 5.41) is 14.0. The zero-order valence-corrected chi connectivity index (χ0v) is 19.9. The molecule has 0 aliphatic heterocycles. The van der Waals surface area contributed by atoms with Crippen molar-refractivity contribution in [2.75, 3.05) is 20.2 Å². The SMILES string of the molecule is COc1ccc(Cl)cc1C(=O)NCCNC(=O)c1nc(Cn2nc(C)c(I)c2C)no1. The molecule has 3 rings (SSSR count). The van der Waals surface area contributed by atoms with Crippen LogP contribution in [0, 0.1) is 17.4 Å². The lowest BCUT2D eigenvalue weighted by Crippen LogP contribution is -2.35. The number of methoxy groups -OCH3 is 1. The first-order chi connectivity index (χ1) is 14.8. The topological polar surface area (TPSA) is 124 Å². The van der Waals surface area contributed by atoms with Gasteiger partial charge in [0, 0.05) is 23.8 Å². The largest absolute Gasteiger partial charge is 0.496 e. The number of aromatic nitrogens is 4. The standard InChI is InChI=1S/C19H20ClIN6O4/c1-10-16(21)11(2)27(25-10)9-15-24-19(31-26-15)18(29)23-7-6-22-17(28)13-8-12(20)4-5-14(13)30-3/h4-5,8H,6-7,9H2,1-3H3,(H,22,28)(H,23,29). The van der Waals surface area contributed by atoms with E-state index in [1.54, 1.807) is 16.8 Å². The maximum absolute atomic E-state index is 12.3. The highest BCUT2D eigenvalue weighted by Gasteiger charge is 2.17. The second kappa shape index (κ2) is 10.1. The first-order valence-electron chi connectivity index (χ1n) is 9.22. The number of ether oxygens (including phenoxy) is 1. The van der Waals surface area contributed by atoms with E-state index in [1.165, 1.54) is 13.2 Å². The van der Waals surface area contributed by atoms with Gasteiger partial charge in [0.2, 0.25) is 0 Å². The summed E-state index contributed by atoms with van der Waals surface area (Å²) in [5.74, 6) is -0.311. The van der Waals surface area contributed by atoms with E-state index in [-0.39, 0.29) is 24.9 Å². The lowest BCUT2D eigenvalue weighted by atomic mass is 10.2. The van der Waals surface area contributed by atoms with Crippen molar-refractivity contribution in [2.45, 2.75) is 20.4 Å². The molecule has 1 aromatic carbocycles. The van der Waals surface area contributed by atoms with Crippen LogP contribution in [0.25, 0.3) is 0 Å². The van der Waals surface area contributed by atoms with E-state index >= 15 is 0 Å². The number of nitrogens with zero attached hydrogens (tertiary/aromatic N) is 4. The highest BCUT2D eigenvalue weighted by atomic mass is 127. The van der Waals surface area contributed by atoms with E-state index in [0.717, 1.165) is 15.0 Å². The number of hydrogen-bond acceptors (Lipinski definition) is 7. The fourth-order valence-electron chi connectivity index (χ4n) is 2.75. The average Bonchev–Trinajstić information content (AvgIpc) is 3.31. The number of carbonyl (C=O) groups excluding carboxylic acids is 2. The van der Waals surface area contributed by atoms with Crippen molar-refractivity contribution in [1.82, 2.24) is 30.6 Å². The molecule has 0 unspecified atom stereocenters. The highest BCUT2D eigenvalue weighted by molar-refractivity contribution is 14.1. The first kappa shape index (κ1) is 23.0. The Kier molecular flexibility index (Phi) is 7.49. The summed E-state index contributed by atoms with van der Waals surface area (Å²) in [6.07, 6.45) is 0. The molecule has 0 saturated carbocycles. The summed E-state index contributed by atoms with van der Waals surface area (Å²) in [4.78, 5) is 28.6. The fourth-order valence-corrected chi connectivity index (χ4v) is 3.31. The van der Waals surface area contributed by atoms with Gasteiger partial charge in [0.15, 0.2) is 5.82 Å². The molecular weight excluding hydrogens is 539 g/mol. The number of carbonyl (C=O) groups is 2. The maximum atomic E-state index is 12.3. The lowest BCUT2D eigenvalue weighted by Gasteiger charge is -2.09. The third-order valence-electron chi connectivity index (χ3n) is 4.35. The quantitative estimate of drug-likeness (QED) is 0.321. The molecule has 2 heterocycles. The van der Waals surface area contributed by atoms with Gasteiger partial charge in [-0.25, -0.2) is 0 Å². The Bertz CT molecular complexity index is 1110. The molecule has 31 heavy (non-hydrogen) atoms. The summed E-state index contributed by atoms with van der Waals surface area (Å²) < 4.78 is 13.0. The van der Waals surface area contributed by atoms with Gasteiger partial charge in [0.1, 0.15) is 12.3 Å². The van der Waals surface area contributed by atoms with E-state index < -0.39 is 5.91 Å².